The number of halogens is 4. The van der Waals surface area contributed by atoms with Gasteiger partial charge in [-0.1, -0.05) is 18.2 Å². The highest BCUT2D eigenvalue weighted by Crippen LogP contribution is 2.29. The molecule has 7 heteroatoms. The third kappa shape index (κ3) is 3.27. The smallest absolute Gasteiger partial charge is 0.309 e. The zero-order valence-electron chi connectivity index (χ0n) is 10.4. The molecule has 0 saturated carbocycles. The van der Waals surface area contributed by atoms with Crippen LogP contribution in [0.4, 0.5) is 13.2 Å². The van der Waals surface area contributed by atoms with Crippen molar-refractivity contribution in [1.29, 1.82) is 0 Å². The van der Waals surface area contributed by atoms with Gasteiger partial charge in [0.15, 0.2) is 0 Å². The van der Waals surface area contributed by atoms with Gasteiger partial charge in [0.1, 0.15) is 10.3 Å². The molecule has 106 valence electrons. The van der Waals surface area contributed by atoms with Crippen molar-refractivity contribution in [3.05, 3.63) is 61.7 Å². The molecular weight excluding hydrogens is 337 g/mol. The highest BCUT2D eigenvalue weighted by molar-refractivity contribution is 9.10. The van der Waals surface area contributed by atoms with Crippen LogP contribution in [0.2, 0.25) is 0 Å². The molecule has 0 fully saturated rings. The number of nitrogens with one attached hydrogen (secondary N) is 1. The normalized spacial score (nSPS) is 11.7. The van der Waals surface area contributed by atoms with Crippen molar-refractivity contribution in [1.82, 2.24) is 9.97 Å². The highest BCUT2D eigenvalue weighted by Gasteiger charge is 2.30. The number of benzene rings is 1. The van der Waals surface area contributed by atoms with E-state index in [1.165, 1.54) is 6.07 Å². The number of hydrogen-bond donors (Lipinski definition) is 1. The summed E-state index contributed by atoms with van der Waals surface area (Å²) in [6, 6.07) is 4.96. The largest absolute Gasteiger partial charge is 0.416 e. The van der Waals surface area contributed by atoms with Crippen LogP contribution >= 0.6 is 15.9 Å². The van der Waals surface area contributed by atoms with Crippen LogP contribution in [0.25, 0.3) is 0 Å². The third-order valence-electron chi connectivity index (χ3n) is 2.70. The van der Waals surface area contributed by atoms with Crippen LogP contribution < -0.4 is 5.56 Å². The summed E-state index contributed by atoms with van der Waals surface area (Å²) < 4.78 is 38.1. The fraction of sp³-hybridized carbons (Fsp3) is 0.231. The van der Waals surface area contributed by atoms with E-state index in [1.54, 1.807) is 13.0 Å². The fourth-order valence-corrected chi connectivity index (χ4v) is 1.95. The first-order valence-electron chi connectivity index (χ1n) is 5.69. The quantitative estimate of drug-likeness (QED) is 0.905. The monoisotopic (exact) mass is 346 g/mol. The van der Waals surface area contributed by atoms with Crippen LogP contribution in [0.15, 0.2) is 33.5 Å². The first-order chi connectivity index (χ1) is 9.27. The molecule has 20 heavy (non-hydrogen) atoms. The van der Waals surface area contributed by atoms with E-state index in [2.05, 4.69) is 25.9 Å². The predicted octanol–water partition coefficient (Wildman–Crippen LogP) is 3.45. The van der Waals surface area contributed by atoms with Crippen LogP contribution in [0.1, 0.15) is 22.6 Å². The van der Waals surface area contributed by atoms with Crippen molar-refractivity contribution in [3.63, 3.8) is 0 Å². The van der Waals surface area contributed by atoms with E-state index in [4.69, 9.17) is 0 Å². The minimum atomic E-state index is -4.38. The van der Waals surface area contributed by atoms with Crippen LogP contribution in [-0.2, 0) is 12.6 Å². The van der Waals surface area contributed by atoms with Gasteiger partial charge in [-0.3, -0.25) is 4.79 Å². The van der Waals surface area contributed by atoms with Crippen LogP contribution in [0, 0.1) is 6.92 Å². The SMILES string of the molecule is Cc1nc(Cc2cccc(C(F)(F)F)c2)[nH]c(=O)c1Br. The van der Waals surface area contributed by atoms with Gasteiger partial charge in [0.25, 0.3) is 5.56 Å². The topological polar surface area (TPSA) is 45.8 Å². The van der Waals surface area contributed by atoms with E-state index in [1.807, 2.05) is 0 Å². The Morgan fingerprint density at radius 1 is 1.35 bits per heavy atom. The summed E-state index contributed by atoms with van der Waals surface area (Å²) in [4.78, 5) is 18.2. The lowest BCUT2D eigenvalue weighted by atomic mass is 10.1. The Bertz CT molecular complexity index is 695. The van der Waals surface area contributed by atoms with Gasteiger partial charge in [-0.15, -0.1) is 0 Å². The molecule has 1 aromatic carbocycles. The molecule has 0 aliphatic rings. The first-order valence-corrected chi connectivity index (χ1v) is 6.48. The van der Waals surface area contributed by atoms with Crippen LogP contribution in [0.3, 0.4) is 0 Å². The lowest BCUT2D eigenvalue weighted by molar-refractivity contribution is -0.137. The summed E-state index contributed by atoms with van der Waals surface area (Å²) in [7, 11) is 0. The Kier molecular flexibility index (Phi) is 3.99. The molecule has 0 bridgehead atoms. The summed E-state index contributed by atoms with van der Waals surface area (Å²) in [5.41, 5.74) is -0.133. The Hall–Kier alpha value is -1.63. The Morgan fingerprint density at radius 3 is 2.65 bits per heavy atom. The van der Waals surface area contributed by atoms with E-state index in [-0.39, 0.29) is 12.0 Å². The summed E-state index contributed by atoms with van der Waals surface area (Å²) in [6.45, 7) is 1.65. The maximum atomic E-state index is 12.6. The molecule has 0 amide bonds. The molecule has 0 atom stereocenters. The number of aromatic nitrogens is 2. The number of alkyl halides is 3. The molecule has 1 N–H and O–H groups in total. The first kappa shape index (κ1) is 14.8. The van der Waals surface area contributed by atoms with Gasteiger partial charge in [-0.05, 0) is 34.5 Å². The average molecular weight is 347 g/mol. The van der Waals surface area contributed by atoms with Gasteiger partial charge < -0.3 is 4.98 Å². The lowest BCUT2D eigenvalue weighted by Crippen LogP contribution is -2.14. The molecule has 0 aliphatic heterocycles. The second-order valence-corrected chi connectivity index (χ2v) is 5.08. The number of H-pyrrole nitrogens is 1. The van der Waals surface area contributed by atoms with E-state index >= 15 is 0 Å². The van der Waals surface area contributed by atoms with E-state index in [0.29, 0.717) is 21.6 Å². The van der Waals surface area contributed by atoms with Crippen LogP contribution in [-0.4, -0.2) is 9.97 Å². The molecule has 0 radical (unpaired) electrons. The number of aryl methyl sites for hydroxylation is 1. The molecule has 2 aromatic rings. The van der Waals surface area contributed by atoms with E-state index < -0.39 is 11.7 Å². The highest BCUT2D eigenvalue weighted by atomic mass is 79.9. The summed E-state index contributed by atoms with van der Waals surface area (Å²) in [6.07, 6.45) is -4.25. The van der Waals surface area contributed by atoms with E-state index in [9.17, 15) is 18.0 Å². The van der Waals surface area contributed by atoms with Crippen LogP contribution in [0.5, 0.6) is 0 Å². The van der Waals surface area contributed by atoms with Crippen molar-refractivity contribution in [2.45, 2.75) is 19.5 Å². The van der Waals surface area contributed by atoms with Crippen molar-refractivity contribution >= 4 is 15.9 Å². The molecule has 3 nitrogen and oxygen atoms in total. The third-order valence-corrected chi connectivity index (χ3v) is 3.64. The minimum absolute atomic E-state index is 0.132. The van der Waals surface area contributed by atoms with Gasteiger partial charge in [-0.2, -0.15) is 13.2 Å². The number of rotatable bonds is 2. The lowest BCUT2D eigenvalue weighted by Gasteiger charge is -2.09. The summed E-state index contributed by atoms with van der Waals surface area (Å²) in [5, 5.41) is 0. The van der Waals surface area contributed by atoms with Gasteiger partial charge in [0.05, 0.1) is 11.3 Å². The van der Waals surface area contributed by atoms with E-state index in [0.717, 1.165) is 12.1 Å². The Morgan fingerprint density at radius 2 is 2.05 bits per heavy atom. The van der Waals surface area contributed by atoms with Gasteiger partial charge in [-0.25, -0.2) is 4.98 Å². The number of aromatic amines is 1. The second kappa shape index (κ2) is 5.40. The molecule has 1 aromatic heterocycles. The maximum Gasteiger partial charge on any atom is 0.416 e. The Balaban J connectivity index is 2.33. The fourth-order valence-electron chi connectivity index (χ4n) is 1.76. The van der Waals surface area contributed by atoms with Crippen molar-refractivity contribution < 1.29 is 13.2 Å². The number of nitrogens with zero attached hydrogens (tertiary/aromatic N) is 1. The van der Waals surface area contributed by atoms with Crippen molar-refractivity contribution in [2.24, 2.45) is 0 Å². The number of hydrogen-bond acceptors (Lipinski definition) is 2. The zero-order valence-corrected chi connectivity index (χ0v) is 12.0. The molecule has 0 aliphatic carbocycles. The van der Waals surface area contributed by atoms with Crippen molar-refractivity contribution in [3.8, 4) is 0 Å². The second-order valence-electron chi connectivity index (χ2n) is 4.29. The zero-order chi connectivity index (χ0) is 14.9. The summed E-state index contributed by atoms with van der Waals surface area (Å²) >= 11 is 3.08. The van der Waals surface area contributed by atoms with Crippen molar-refractivity contribution in [2.75, 3.05) is 0 Å². The average Bonchev–Trinajstić information content (AvgIpc) is 2.35. The molecule has 0 unspecified atom stereocenters. The van der Waals surface area contributed by atoms with Gasteiger partial charge >= 0.3 is 6.18 Å². The molecular formula is C13H10BrF3N2O. The summed E-state index contributed by atoms with van der Waals surface area (Å²) in [5.74, 6) is 0.329. The predicted molar refractivity (Wildman–Crippen MR) is 71.5 cm³/mol. The molecule has 0 saturated heterocycles. The van der Waals surface area contributed by atoms with Gasteiger partial charge in [0, 0.05) is 6.42 Å². The minimum Gasteiger partial charge on any atom is -0.309 e. The molecule has 2 rings (SSSR count). The standard InChI is InChI=1S/C13H10BrF3N2O/c1-7-11(14)12(20)19-10(18-7)6-8-3-2-4-9(5-8)13(15,16)17/h2-5H,6H2,1H3,(H,18,19,20). The molecule has 1 heterocycles. The maximum absolute atomic E-state index is 12.6. The Labute approximate surface area is 121 Å². The van der Waals surface area contributed by atoms with Gasteiger partial charge in [0.2, 0.25) is 0 Å². The molecule has 0 spiro atoms.